The molecule has 0 aliphatic rings. The predicted octanol–water partition coefficient (Wildman–Crippen LogP) is 4.36. The third-order valence-electron chi connectivity index (χ3n) is 4.34. The molecule has 2 heterocycles. The van der Waals surface area contributed by atoms with Crippen molar-refractivity contribution < 1.29 is 18.7 Å². The van der Waals surface area contributed by atoms with Gasteiger partial charge in [-0.2, -0.15) is 0 Å². The van der Waals surface area contributed by atoms with Crippen LogP contribution in [0.3, 0.4) is 0 Å². The molecule has 3 rings (SSSR count). The third kappa shape index (κ3) is 4.48. The number of hydrogen-bond donors (Lipinski definition) is 1. The molecule has 0 radical (unpaired) electrons. The Bertz CT molecular complexity index is 988. The van der Waals surface area contributed by atoms with E-state index in [0.717, 1.165) is 16.9 Å². The molecule has 0 saturated carbocycles. The monoisotopic (exact) mass is 398 g/mol. The van der Waals surface area contributed by atoms with Crippen molar-refractivity contribution in [3.63, 3.8) is 0 Å². The molecule has 0 aliphatic heterocycles. The lowest BCUT2D eigenvalue weighted by molar-refractivity contribution is -0.141. The van der Waals surface area contributed by atoms with Crippen LogP contribution in [0.1, 0.15) is 44.7 Å². The van der Waals surface area contributed by atoms with Gasteiger partial charge >= 0.3 is 5.97 Å². The number of furan rings is 1. The summed E-state index contributed by atoms with van der Waals surface area (Å²) in [6, 6.07) is 10.9. The van der Waals surface area contributed by atoms with Crippen LogP contribution in [-0.2, 0) is 9.53 Å². The smallest absolute Gasteiger partial charge is 0.307 e. The lowest BCUT2D eigenvalue weighted by atomic mass is 10.0. The lowest BCUT2D eigenvalue weighted by Gasteiger charge is -2.18. The Balaban J connectivity index is 1.84. The summed E-state index contributed by atoms with van der Waals surface area (Å²) in [6.07, 6.45) is 0.0490. The average Bonchev–Trinajstić information content (AvgIpc) is 3.27. The molecule has 0 bridgehead atoms. The number of ether oxygens (including phenoxy) is 1. The first-order valence-electron chi connectivity index (χ1n) is 8.86. The Morgan fingerprint density at radius 2 is 1.86 bits per heavy atom. The number of methoxy groups -OCH3 is 1. The van der Waals surface area contributed by atoms with Gasteiger partial charge in [-0.3, -0.25) is 9.59 Å². The fourth-order valence-corrected chi connectivity index (χ4v) is 3.72. The maximum Gasteiger partial charge on any atom is 0.307 e. The second-order valence-electron chi connectivity index (χ2n) is 6.56. The molecule has 3 aromatic rings. The number of aromatic nitrogens is 1. The number of aryl methyl sites for hydroxylation is 3. The quantitative estimate of drug-likeness (QED) is 0.624. The molecule has 1 unspecified atom stereocenters. The van der Waals surface area contributed by atoms with E-state index < -0.39 is 12.0 Å². The minimum atomic E-state index is -0.489. The minimum absolute atomic E-state index is 0.0490. The number of carbonyl (C=O) groups excluding carboxylic acids is 2. The van der Waals surface area contributed by atoms with E-state index in [4.69, 9.17) is 9.15 Å². The molecule has 1 aromatic carbocycles. The zero-order valence-corrected chi connectivity index (χ0v) is 17.1. The van der Waals surface area contributed by atoms with Gasteiger partial charge in [0.25, 0.3) is 5.91 Å². The first-order valence-corrected chi connectivity index (χ1v) is 9.67. The van der Waals surface area contributed by atoms with Crippen molar-refractivity contribution in [1.82, 2.24) is 10.3 Å². The van der Waals surface area contributed by atoms with E-state index in [0.29, 0.717) is 21.3 Å². The van der Waals surface area contributed by atoms with Gasteiger partial charge in [0.05, 0.1) is 25.3 Å². The summed E-state index contributed by atoms with van der Waals surface area (Å²) in [7, 11) is 1.33. The Hall–Kier alpha value is -2.93. The fourth-order valence-electron chi connectivity index (χ4n) is 2.79. The molecule has 0 aliphatic carbocycles. The van der Waals surface area contributed by atoms with Crippen LogP contribution in [-0.4, -0.2) is 24.0 Å². The van der Waals surface area contributed by atoms with Crippen LogP contribution < -0.4 is 5.32 Å². The van der Waals surface area contributed by atoms with Crippen molar-refractivity contribution >= 4 is 23.2 Å². The van der Waals surface area contributed by atoms with Gasteiger partial charge in [0, 0.05) is 0 Å². The van der Waals surface area contributed by atoms with Gasteiger partial charge in [-0.15, -0.1) is 11.3 Å². The van der Waals surface area contributed by atoms with Gasteiger partial charge < -0.3 is 14.5 Å². The van der Waals surface area contributed by atoms with Crippen LogP contribution in [0.15, 0.2) is 40.8 Å². The first kappa shape index (κ1) is 19.8. The summed E-state index contributed by atoms with van der Waals surface area (Å²) < 4.78 is 10.4. The lowest BCUT2D eigenvalue weighted by Crippen LogP contribution is -2.30. The SMILES string of the molecule is COC(=O)CC(NC(=O)c1sc(-c2ccc(C)o2)nc1C)c1ccc(C)cc1. The number of esters is 1. The van der Waals surface area contributed by atoms with Gasteiger partial charge in [0.15, 0.2) is 10.8 Å². The van der Waals surface area contributed by atoms with Crippen LogP contribution >= 0.6 is 11.3 Å². The summed E-state index contributed by atoms with van der Waals surface area (Å²) in [5.74, 6) is 0.748. The van der Waals surface area contributed by atoms with Gasteiger partial charge in [-0.1, -0.05) is 29.8 Å². The van der Waals surface area contributed by atoms with Gasteiger partial charge in [-0.05, 0) is 38.5 Å². The van der Waals surface area contributed by atoms with Gasteiger partial charge in [0.2, 0.25) is 0 Å². The molecule has 1 N–H and O–H groups in total. The second-order valence-corrected chi connectivity index (χ2v) is 7.56. The minimum Gasteiger partial charge on any atom is -0.469 e. The Morgan fingerprint density at radius 1 is 1.14 bits per heavy atom. The Morgan fingerprint density at radius 3 is 2.46 bits per heavy atom. The van der Waals surface area contributed by atoms with Gasteiger partial charge in [-0.25, -0.2) is 4.98 Å². The number of thiazole rings is 1. The summed E-state index contributed by atoms with van der Waals surface area (Å²) in [4.78, 5) is 29.7. The molecule has 0 saturated heterocycles. The van der Waals surface area contributed by atoms with E-state index in [2.05, 4.69) is 10.3 Å². The number of carbonyl (C=O) groups is 2. The molecule has 1 amide bonds. The van der Waals surface area contributed by atoms with Crippen molar-refractivity contribution in [2.75, 3.05) is 7.11 Å². The maximum atomic E-state index is 12.9. The Labute approximate surface area is 167 Å². The van der Waals surface area contributed by atoms with Crippen molar-refractivity contribution in [1.29, 1.82) is 0 Å². The number of nitrogens with one attached hydrogen (secondary N) is 1. The zero-order valence-electron chi connectivity index (χ0n) is 16.2. The first-order chi connectivity index (χ1) is 13.4. The largest absolute Gasteiger partial charge is 0.469 e. The van der Waals surface area contributed by atoms with Crippen LogP contribution in [0.4, 0.5) is 0 Å². The number of rotatable bonds is 6. The molecule has 146 valence electrons. The standard InChI is InChI=1S/C21H22N2O4S/c1-12-5-8-15(9-6-12)16(11-18(24)26-4)23-20(25)19-14(3)22-21(28-19)17-10-7-13(2)27-17/h5-10,16H,11H2,1-4H3,(H,23,25). The van der Waals surface area contributed by atoms with Crippen molar-refractivity contribution in [3.8, 4) is 10.8 Å². The predicted molar refractivity (Wildman–Crippen MR) is 107 cm³/mol. The van der Waals surface area contributed by atoms with E-state index >= 15 is 0 Å². The molecule has 0 spiro atoms. The normalized spacial score (nSPS) is 11.9. The number of amides is 1. The topological polar surface area (TPSA) is 81.4 Å². The van der Waals surface area contributed by atoms with E-state index in [1.165, 1.54) is 18.4 Å². The van der Waals surface area contributed by atoms with Crippen LogP contribution in [0, 0.1) is 20.8 Å². The highest BCUT2D eigenvalue weighted by molar-refractivity contribution is 7.17. The molecular formula is C21H22N2O4S. The second kappa shape index (κ2) is 8.39. The van der Waals surface area contributed by atoms with Crippen LogP contribution in [0.2, 0.25) is 0 Å². The van der Waals surface area contributed by atoms with E-state index in [9.17, 15) is 9.59 Å². The fraction of sp³-hybridized carbons (Fsp3) is 0.286. The van der Waals surface area contributed by atoms with Gasteiger partial charge in [0.1, 0.15) is 10.6 Å². The summed E-state index contributed by atoms with van der Waals surface area (Å²) in [5, 5.41) is 3.59. The zero-order chi connectivity index (χ0) is 20.3. The van der Waals surface area contributed by atoms with Crippen molar-refractivity contribution in [3.05, 3.63) is 63.9 Å². The van der Waals surface area contributed by atoms with E-state index in [1.807, 2.05) is 50.2 Å². The molecule has 28 heavy (non-hydrogen) atoms. The third-order valence-corrected chi connectivity index (χ3v) is 5.51. The van der Waals surface area contributed by atoms with Crippen molar-refractivity contribution in [2.45, 2.75) is 33.2 Å². The summed E-state index contributed by atoms with van der Waals surface area (Å²) in [6.45, 7) is 5.62. The molecule has 7 heteroatoms. The Kier molecular flexibility index (Phi) is 5.94. The average molecular weight is 398 g/mol. The van der Waals surface area contributed by atoms with Crippen LogP contribution in [0.5, 0.6) is 0 Å². The number of hydrogen-bond acceptors (Lipinski definition) is 6. The van der Waals surface area contributed by atoms with Crippen molar-refractivity contribution in [2.24, 2.45) is 0 Å². The molecule has 0 fully saturated rings. The highest BCUT2D eigenvalue weighted by atomic mass is 32.1. The number of benzene rings is 1. The highest BCUT2D eigenvalue weighted by Crippen LogP contribution is 2.30. The molecular weight excluding hydrogens is 376 g/mol. The van der Waals surface area contributed by atoms with Crippen LogP contribution in [0.25, 0.3) is 10.8 Å². The maximum absolute atomic E-state index is 12.9. The molecule has 6 nitrogen and oxygen atoms in total. The highest BCUT2D eigenvalue weighted by Gasteiger charge is 2.23. The number of nitrogens with zero attached hydrogens (tertiary/aromatic N) is 1. The summed E-state index contributed by atoms with van der Waals surface area (Å²) in [5.41, 5.74) is 2.56. The van der Waals surface area contributed by atoms with E-state index in [1.54, 1.807) is 6.92 Å². The summed E-state index contributed by atoms with van der Waals surface area (Å²) >= 11 is 1.27. The molecule has 2 aromatic heterocycles. The molecule has 1 atom stereocenters. The van der Waals surface area contributed by atoms with E-state index in [-0.39, 0.29) is 12.3 Å².